The van der Waals surface area contributed by atoms with Crippen LogP contribution in [0, 0.1) is 0 Å². The smallest absolute Gasteiger partial charge is 0.414 e. The van der Waals surface area contributed by atoms with Gasteiger partial charge in [0.2, 0.25) is 0 Å². The lowest BCUT2D eigenvalue weighted by Crippen LogP contribution is -2.32. The minimum Gasteiger partial charge on any atom is -0.494 e. The maximum absolute atomic E-state index is 12.9. The highest BCUT2D eigenvalue weighted by Crippen LogP contribution is 2.26. The van der Waals surface area contributed by atoms with Crippen molar-refractivity contribution in [2.24, 2.45) is 0 Å². The Morgan fingerprint density at radius 2 is 1.21 bits per heavy atom. The summed E-state index contributed by atoms with van der Waals surface area (Å²) in [6.45, 7) is 4.53. The summed E-state index contributed by atoms with van der Waals surface area (Å²) in [5, 5.41) is 0. The van der Waals surface area contributed by atoms with Crippen molar-refractivity contribution in [2.75, 3.05) is 19.8 Å². The molecule has 0 N–H and O–H groups in total. The summed E-state index contributed by atoms with van der Waals surface area (Å²) in [5.41, 5.74) is 0.401. The van der Waals surface area contributed by atoms with Crippen LogP contribution in [0.25, 0.3) is 0 Å². The molecule has 2 aromatic carbocycles. The molecule has 0 radical (unpaired) electrons. The van der Waals surface area contributed by atoms with Crippen molar-refractivity contribution >= 4 is 5.97 Å². The van der Waals surface area contributed by atoms with E-state index in [1.54, 1.807) is 48.5 Å². The molecule has 212 valence electrons. The Balaban J connectivity index is 1.66. The number of hydrogen-bond donors (Lipinski definition) is 0. The summed E-state index contributed by atoms with van der Waals surface area (Å²) in [6, 6.07) is 13.2. The van der Waals surface area contributed by atoms with Crippen LogP contribution in [0.3, 0.4) is 0 Å². The number of alkyl halides is 3. The minimum atomic E-state index is -4.39. The Morgan fingerprint density at radius 1 is 0.711 bits per heavy atom. The van der Waals surface area contributed by atoms with Crippen molar-refractivity contribution in [1.82, 2.24) is 0 Å². The summed E-state index contributed by atoms with van der Waals surface area (Å²) in [5.74, 6) is 1.03. The average Bonchev–Trinajstić information content (AvgIpc) is 2.90. The summed E-state index contributed by atoms with van der Waals surface area (Å²) in [6.07, 6.45) is 3.78. The largest absolute Gasteiger partial charge is 0.494 e. The van der Waals surface area contributed by atoms with Crippen LogP contribution in [0.1, 0.15) is 88.4 Å². The third-order valence-corrected chi connectivity index (χ3v) is 6.00. The Hall–Kier alpha value is -2.74. The fraction of sp³-hybridized carbons (Fsp3) is 0.567. The predicted octanol–water partition coefficient (Wildman–Crippen LogP) is 8.55. The zero-order valence-corrected chi connectivity index (χ0v) is 22.6. The molecule has 1 unspecified atom stereocenters. The number of ether oxygens (including phenoxy) is 4. The second kappa shape index (κ2) is 17.7. The summed E-state index contributed by atoms with van der Waals surface area (Å²) >= 11 is 0. The van der Waals surface area contributed by atoms with E-state index in [1.165, 1.54) is 45.4 Å². The van der Waals surface area contributed by atoms with Crippen molar-refractivity contribution < 1.29 is 36.9 Å². The zero-order chi connectivity index (χ0) is 27.6. The van der Waals surface area contributed by atoms with E-state index < -0.39 is 18.2 Å². The number of carbonyl (C=O) groups is 1. The zero-order valence-electron chi connectivity index (χ0n) is 22.6. The fourth-order valence-electron chi connectivity index (χ4n) is 3.88. The van der Waals surface area contributed by atoms with Crippen molar-refractivity contribution in [3.8, 4) is 17.2 Å². The van der Waals surface area contributed by atoms with Gasteiger partial charge in [-0.05, 0) is 74.7 Å². The lowest BCUT2D eigenvalue weighted by molar-refractivity contribution is -0.221. The van der Waals surface area contributed by atoms with E-state index in [-0.39, 0.29) is 26.1 Å². The van der Waals surface area contributed by atoms with E-state index in [0.29, 0.717) is 29.4 Å². The quantitative estimate of drug-likeness (QED) is 0.102. The molecule has 0 spiro atoms. The number of carbonyl (C=O) groups excluding carboxylic acids is 1. The monoisotopic (exact) mass is 538 g/mol. The van der Waals surface area contributed by atoms with Gasteiger partial charge in [0.25, 0.3) is 0 Å². The van der Waals surface area contributed by atoms with Crippen LogP contribution in [-0.4, -0.2) is 38.1 Å². The molecule has 8 heteroatoms. The lowest BCUT2D eigenvalue weighted by Gasteiger charge is -2.20. The molecule has 1 atom stereocenters. The van der Waals surface area contributed by atoms with Crippen molar-refractivity contribution in [3.63, 3.8) is 0 Å². The maximum Gasteiger partial charge on any atom is 0.414 e. The third kappa shape index (κ3) is 12.7. The van der Waals surface area contributed by atoms with Gasteiger partial charge in [0.05, 0.1) is 18.8 Å². The third-order valence-electron chi connectivity index (χ3n) is 6.00. The highest BCUT2D eigenvalue weighted by molar-refractivity contribution is 5.91. The first-order chi connectivity index (χ1) is 18.3. The topological polar surface area (TPSA) is 54.0 Å². The van der Waals surface area contributed by atoms with Crippen molar-refractivity contribution in [2.45, 2.75) is 90.3 Å². The van der Waals surface area contributed by atoms with Gasteiger partial charge in [0.1, 0.15) is 17.2 Å². The van der Waals surface area contributed by atoms with E-state index in [1.807, 2.05) is 0 Å². The van der Waals surface area contributed by atoms with Gasteiger partial charge in [-0.25, -0.2) is 4.79 Å². The van der Waals surface area contributed by atoms with Gasteiger partial charge in [-0.2, -0.15) is 13.2 Å². The van der Waals surface area contributed by atoms with E-state index in [0.717, 1.165) is 12.8 Å². The molecule has 2 aromatic rings. The summed E-state index contributed by atoms with van der Waals surface area (Å²) in [7, 11) is 0. The van der Waals surface area contributed by atoms with Crippen LogP contribution in [0.5, 0.6) is 17.2 Å². The van der Waals surface area contributed by atoms with Crippen LogP contribution in [-0.2, 0) is 4.74 Å². The molecule has 38 heavy (non-hydrogen) atoms. The Bertz CT molecular complexity index is 898. The molecule has 0 aliphatic rings. The molecule has 0 heterocycles. The van der Waals surface area contributed by atoms with Crippen LogP contribution in [0.4, 0.5) is 13.2 Å². The molecule has 0 fully saturated rings. The Kier molecular flexibility index (Phi) is 14.7. The molecular formula is C30H41F3O5. The SMILES string of the molecule is CCCCCCCCCCOc1ccc(C(=O)Oc2ccc(OCCCC(OCC)C(F)(F)F)cc2)cc1. The van der Waals surface area contributed by atoms with Crippen LogP contribution >= 0.6 is 0 Å². The van der Waals surface area contributed by atoms with Gasteiger partial charge < -0.3 is 18.9 Å². The van der Waals surface area contributed by atoms with Gasteiger partial charge in [-0.15, -0.1) is 0 Å². The molecule has 0 aliphatic heterocycles. The molecule has 2 rings (SSSR count). The first-order valence-electron chi connectivity index (χ1n) is 13.7. The highest BCUT2D eigenvalue weighted by Gasteiger charge is 2.39. The second-order valence-corrected chi connectivity index (χ2v) is 9.18. The van der Waals surface area contributed by atoms with Gasteiger partial charge in [-0.1, -0.05) is 51.9 Å². The van der Waals surface area contributed by atoms with E-state index in [4.69, 9.17) is 18.9 Å². The highest BCUT2D eigenvalue weighted by atomic mass is 19.4. The fourth-order valence-corrected chi connectivity index (χ4v) is 3.88. The van der Waals surface area contributed by atoms with E-state index >= 15 is 0 Å². The lowest BCUT2D eigenvalue weighted by atomic mass is 10.1. The number of rotatable bonds is 19. The predicted molar refractivity (Wildman–Crippen MR) is 142 cm³/mol. The average molecular weight is 539 g/mol. The molecule has 0 saturated heterocycles. The Labute approximate surface area is 224 Å². The van der Waals surface area contributed by atoms with Gasteiger partial charge >= 0.3 is 12.1 Å². The number of hydrogen-bond acceptors (Lipinski definition) is 5. The molecule has 0 aromatic heterocycles. The van der Waals surface area contributed by atoms with Crippen LogP contribution in [0.2, 0.25) is 0 Å². The first kappa shape index (κ1) is 31.5. The molecule has 0 bridgehead atoms. The summed E-state index contributed by atoms with van der Waals surface area (Å²) in [4.78, 5) is 12.4. The number of benzene rings is 2. The van der Waals surface area contributed by atoms with Crippen LogP contribution in [0.15, 0.2) is 48.5 Å². The van der Waals surface area contributed by atoms with Crippen LogP contribution < -0.4 is 14.2 Å². The first-order valence-corrected chi connectivity index (χ1v) is 13.7. The standard InChI is InChI=1S/C30H41F3O5/c1-3-5-6-7-8-9-10-11-22-36-25-16-14-24(15-17-25)29(34)38-27-20-18-26(19-21-27)37-23-12-13-28(35-4-2)30(31,32)33/h14-21,28H,3-13,22-23H2,1-2H3. The number of unbranched alkanes of at least 4 members (excludes halogenated alkanes) is 7. The molecule has 5 nitrogen and oxygen atoms in total. The number of esters is 1. The summed E-state index contributed by atoms with van der Waals surface area (Å²) < 4.78 is 60.0. The van der Waals surface area contributed by atoms with Gasteiger partial charge in [0, 0.05) is 6.61 Å². The molecule has 0 saturated carbocycles. The maximum atomic E-state index is 12.9. The van der Waals surface area contributed by atoms with E-state index in [9.17, 15) is 18.0 Å². The van der Waals surface area contributed by atoms with E-state index in [2.05, 4.69) is 6.92 Å². The Morgan fingerprint density at radius 3 is 1.76 bits per heavy atom. The van der Waals surface area contributed by atoms with Crippen molar-refractivity contribution in [1.29, 1.82) is 0 Å². The minimum absolute atomic E-state index is 0.00248. The second-order valence-electron chi connectivity index (χ2n) is 9.18. The van der Waals surface area contributed by atoms with Crippen molar-refractivity contribution in [3.05, 3.63) is 54.1 Å². The molecule has 0 amide bonds. The van der Waals surface area contributed by atoms with Gasteiger partial charge in [-0.3, -0.25) is 0 Å². The number of halogens is 3. The molecular weight excluding hydrogens is 497 g/mol. The molecule has 0 aliphatic carbocycles. The normalized spacial score (nSPS) is 12.2. The van der Waals surface area contributed by atoms with Gasteiger partial charge in [0.15, 0.2) is 6.10 Å².